The highest BCUT2D eigenvalue weighted by atomic mass is 16.5. The summed E-state index contributed by atoms with van der Waals surface area (Å²) in [4.78, 5) is 0. The first-order valence-electron chi connectivity index (χ1n) is 9.19. The highest BCUT2D eigenvalue weighted by molar-refractivity contribution is 5.37. The maximum absolute atomic E-state index is 6.43. The van der Waals surface area contributed by atoms with Gasteiger partial charge >= 0.3 is 0 Å². The Labute approximate surface area is 134 Å². The molecule has 0 spiro atoms. The molecule has 4 fully saturated rings. The molecule has 4 saturated carbocycles. The van der Waals surface area contributed by atoms with Crippen LogP contribution in [0, 0.1) is 23.7 Å². The molecule has 0 unspecified atom stereocenters. The van der Waals surface area contributed by atoms with E-state index < -0.39 is 0 Å². The van der Waals surface area contributed by atoms with Crippen molar-refractivity contribution in [1.29, 1.82) is 0 Å². The molecule has 5 rings (SSSR count). The zero-order valence-electron chi connectivity index (χ0n) is 13.8. The van der Waals surface area contributed by atoms with Gasteiger partial charge in [-0.2, -0.15) is 0 Å². The molecule has 0 radical (unpaired) electrons. The van der Waals surface area contributed by atoms with Crippen LogP contribution >= 0.6 is 0 Å². The summed E-state index contributed by atoms with van der Waals surface area (Å²) in [5.74, 6) is 4.61. The van der Waals surface area contributed by atoms with Crippen molar-refractivity contribution in [1.82, 2.24) is 0 Å². The van der Waals surface area contributed by atoms with Crippen LogP contribution in [-0.2, 0) is 5.41 Å². The molecule has 1 aromatic carbocycles. The lowest BCUT2D eigenvalue weighted by atomic mass is 9.44. The second kappa shape index (κ2) is 5.56. The molecule has 0 aromatic heterocycles. The molecular formula is C20H29NO. The normalized spacial score (nSPS) is 39.2. The van der Waals surface area contributed by atoms with Gasteiger partial charge in [0, 0.05) is 12.0 Å². The highest BCUT2D eigenvalue weighted by Crippen LogP contribution is 2.62. The number of hydrogen-bond acceptors (Lipinski definition) is 2. The van der Waals surface area contributed by atoms with E-state index in [0.717, 1.165) is 49.0 Å². The molecule has 0 saturated heterocycles. The molecule has 2 heteroatoms. The van der Waals surface area contributed by atoms with Crippen molar-refractivity contribution in [3.8, 4) is 5.75 Å². The van der Waals surface area contributed by atoms with Crippen LogP contribution < -0.4 is 10.5 Å². The fourth-order valence-electron chi connectivity index (χ4n) is 6.04. The van der Waals surface area contributed by atoms with Crippen molar-refractivity contribution in [2.24, 2.45) is 29.4 Å². The number of nitrogens with two attached hydrogens (primary N) is 1. The Morgan fingerprint density at radius 3 is 2.36 bits per heavy atom. The topological polar surface area (TPSA) is 35.2 Å². The third-order valence-corrected chi connectivity index (χ3v) is 6.78. The zero-order chi connectivity index (χ0) is 15.2. The second-order valence-electron chi connectivity index (χ2n) is 7.93. The number of rotatable bonds is 5. The lowest BCUT2D eigenvalue weighted by molar-refractivity contribution is -0.0568. The summed E-state index contributed by atoms with van der Waals surface area (Å²) >= 11 is 0. The minimum Gasteiger partial charge on any atom is -0.494 e. The van der Waals surface area contributed by atoms with Gasteiger partial charge in [0.15, 0.2) is 0 Å². The minimum absolute atomic E-state index is 0.221. The second-order valence-corrected chi connectivity index (χ2v) is 7.93. The lowest BCUT2D eigenvalue weighted by Crippen LogP contribution is -2.58. The molecule has 2 N–H and O–H groups in total. The van der Waals surface area contributed by atoms with Crippen molar-refractivity contribution in [2.45, 2.75) is 50.9 Å². The maximum Gasteiger partial charge on any atom is 0.119 e. The van der Waals surface area contributed by atoms with Crippen molar-refractivity contribution in [2.75, 3.05) is 13.2 Å². The number of hydrogen-bond donors (Lipinski definition) is 1. The highest BCUT2D eigenvalue weighted by Gasteiger charge is 2.57. The predicted molar refractivity (Wildman–Crippen MR) is 90.0 cm³/mol. The van der Waals surface area contributed by atoms with Crippen molar-refractivity contribution in [3.05, 3.63) is 29.8 Å². The smallest absolute Gasteiger partial charge is 0.119 e. The van der Waals surface area contributed by atoms with Gasteiger partial charge in [-0.1, -0.05) is 19.1 Å². The molecule has 0 atom stereocenters. The van der Waals surface area contributed by atoms with Gasteiger partial charge in [0.05, 0.1) is 6.61 Å². The molecule has 4 aliphatic rings. The van der Waals surface area contributed by atoms with E-state index in [1.807, 2.05) is 0 Å². The standard InChI is InChI=1S/C20H29NO/c1-2-6-22-19-5-3-4-16(12-19)20(13-21)17-8-14-7-15(10-17)11-18(20)9-14/h3-5,12,14-15,17-18H,2,6-11,13,21H2,1H3. The Hall–Kier alpha value is -1.02. The first kappa shape index (κ1) is 14.6. The van der Waals surface area contributed by atoms with Gasteiger partial charge in [-0.05, 0) is 79.9 Å². The van der Waals surface area contributed by atoms with Crippen LogP contribution in [-0.4, -0.2) is 13.2 Å². The fourth-order valence-corrected chi connectivity index (χ4v) is 6.04. The van der Waals surface area contributed by atoms with Crippen molar-refractivity contribution < 1.29 is 4.74 Å². The van der Waals surface area contributed by atoms with Gasteiger partial charge in [-0.15, -0.1) is 0 Å². The van der Waals surface area contributed by atoms with Crippen molar-refractivity contribution >= 4 is 0 Å². The Balaban J connectivity index is 1.69. The van der Waals surface area contributed by atoms with Crippen LogP contribution in [0.5, 0.6) is 5.75 Å². The van der Waals surface area contributed by atoms with E-state index in [1.165, 1.54) is 37.7 Å². The molecule has 120 valence electrons. The van der Waals surface area contributed by atoms with Gasteiger partial charge in [0.1, 0.15) is 5.75 Å². The summed E-state index contributed by atoms with van der Waals surface area (Å²) in [6, 6.07) is 8.88. The summed E-state index contributed by atoms with van der Waals surface area (Å²) in [7, 11) is 0. The van der Waals surface area contributed by atoms with E-state index in [-0.39, 0.29) is 5.41 Å². The quantitative estimate of drug-likeness (QED) is 0.887. The Bertz CT molecular complexity index is 510. The van der Waals surface area contributed by atoms with E-state index in [4.69, 9.17) is 10.5 Å². The average Bonchev–Trinajstić information content (AvgIpc) is 2.53. The molecule has 1 aromatic rings. The summed E-state index contributed by atoms with van der Waals surface area (Å²) in [6.45, 7) is 3.76. The van der Waals surface area contributed by atoms with Crippen molar-refractivity contribution in [3.63, 3.8) is 0 Å². The first-order valence-corrected chi connectivity index (χ1v) is 9.19. The summed E-state index contributed by atoms with van der Waals surface area (Å²) in [5, 5.41) is 0. The molecule has 2 nitrogen and oxygen atoms in total. The van der Waals surface area contributed by atoms with Gasteiger partial charge < -0.3 is 10.5 Å². The van der Waals surface area contributed by atoms with Gasteiger partial charge in [0.25, 0.3) is 0 Å². The Morgan fingerprint density at radius 2 is 1.77 bits per heavy atom. The Morgan fingerprint density at radius 1 is 1.09 bits per heavy atom. The maximum atomic E-state index is 6.43. The van der Waals surface area contributed by atoms with Crippen LogP contribution in [0.2, 0.25) is 0 Å². The summed E-state index contributed by atoms with van der Waals surface area (Å²) < 4.78 is 5.89. The van der Waals surface area contributed by atoms with E-state index in [0.29, 0.717) is 0 Å². The third-order valence-electron chi connectivity index (χ3n) is 6.78. The molecule has 4 aliphatic carbocycles. The van der Waals surface area contributed by atoms with Gasteiger partial charge in [0.2, 0.25) is 0 Å². The lowest BCUT2D eigenvalue weighted by Gasteiger charge is -2.61. The summed E-state index contributed by atoms with van der Waals surface area (Å²) in [6.07, 6.45) is 8.18. The molecular weight excluding hydrogens is 270 g/mol. The van der Waals surface area contributed by atoms with E-state index in [2.05, 4.69) is 31.2 Å². The fraction of sp³-hybridized carbons (Fsp3) is 0.700. The molecule has 0 heterocycles. The van der Waals surface area contributed by atoms with E-state index >= 15 is 0 Å². The average molecular weight is 299 g/mol. The number of benzene rings is 1. The molecule has 0 aliphatic heterocycles. The summed E-state index contributed by atoms with van der Waals surface area (Å²) in [5.41, 5.74) is 8.11. The monoisotopic (exact) mass is 299 g/mol. The largest absolute Gasteiger partial charge is 0.494 e. The zero-order valence-corrected chi connectivity index (χ0v) is 13.8. The van der Waals surface area contributed by atoms with Crippen LogP contribution in [0.15, 0.2) is 24.3 Å². The van der Waals surface area contributed by atoms with Gasteiger partial charge in [-0.3, -0.25) is 0 Å². The molecule has 0 amide bonds. The van der Waals surface area contributed by atoms with Gasteiger partial charge in [-0.25, -0.2) is 0 Å². The van der Waals surface area contributed by atoms with E-state index in [1.54, 1.807) is 0 Å². The van der Waals surface area contributed by atoms with E-state index in [9.17, 15) is 0 Å². The van der Waals surface area contributed by atoms with Crippen LogP contribution in [0.3, 0.4) is 0 Å². The van der Waals surface area contributed by atoms with Crippen LogP contribution in [0.4, 0.5) is 0 Å². The predicted octanol–water partition coefficient (Wildman–Crippen LogP) is 4.13. The number of ether oxygens (including phenoxy) is 1. The minimum atomic E-state index is 0.221. The van der Waals surface area contributed by atoms with Crippen LogP contribution in [0.25, 0.3) is 0 Å². The first-order chi connectivity index (χ1) is 10.8. The molecule has 22 heavy (non-hydrogen) atoms. The third kappa shape index (κ3) is 2.11. The molecule has 4 bridgehead atoms. The van der Waals surface area contributed by atoms with Crippen LogP contribution in [0.1, 0.15) is 51.0 Å². The SMILES string of the molecule is CCCOc1cccc(C2(CN)C3CC4CC(C3)CC2C4)c1. The Kier molecular flexibility index (Phi) is 3.68.